The van der Waals surface area contributed by atoms with Gasteiger partial charge in [-0.25, -0.2) is 4.68 Å². The van der Waals surface area contributed by atoms with E-state index in [2.05, 4.69) is 43.3 Å². The van der Waals surface area contributed by atoms with Crippen LogP contribution in [-0.4, -0.2) is 15.7 Å². The molecular weight excluding hydrogens is 274 g/mol. The van der Waals surface area contributed by atoms with Crippen LogP contribution >= 0.6 is 0 Å². The Morgan fingerprint density at radius 1 is 1.27 bits per heavy atom. The smallest absolute Gasteiger partial charge is 0.249 e. The lowest BCUT2D eigenvalue weighted by atomic mass is 10.0. The molecule has 2 aromatic rings. The minimum atomic E-state index is -0.147. The van der Waals surface area contributed by atoms with Gasteiger partial charge in [-0.1, -0.05) is 45.0 Å². The number of hydrogen-bond acceptors (Lipinski definition) is 2. The summed E-state index contributed by atoms with van der Waals surface area (Å²) in [5.74, 6) is 1.10. The topological polar surface area (TPSA) is 46.9 Å². The summed E-state index contributed by atoms with van der Waals surface area (Å²) < 4.78 is 1.79. The molecule has 4 nitrogen and oxygen atoms in total. The monoisotopic (exact) mass is 297 g/mol. The quantitative estimate of drug-likeness (QED) is 0.817. The summed E-state index contributed by atoms with van der Waals surface area (Å²) in [7, 11) is 0. The summed E-state index contributed by atoms with van der Waals surface area (Å²) in [6, 6.07) is 10.1. The van der Waals surface area contributed by atoms with Gasteiger partial charge in [-0.3, -0.25) is 4.79 Å². The van der Waals surface area contributed by atoms with Gasteiger partial charge >= 0.3 is 0 Å². The van der Waals surface area contributed by atoms with Crippen LogP contribution in [0.15, 0.2) is 42.6 Å². The van der Waals surface area contributed by atoms with Crippen LogP contribution in [0.25, 0.3) is 6.08 Å². The van der Waals surface area contributed by atoms with E-state index >= 15 is 0 Å². The van der Waals surface area contributed by atoms with Crippen molar-refractivity contribution in [2.24, 2.45) is 0 Å². The summed E-state index contributed by atoms with van der Waals surface area (Å²) in [6.45, 7) is 7.20. The summed E-state index contributed by atoms with van der Waals surface area (Å²) in [5.41, 5.74) is 2.31. The second-order valence-electron chi connectivity index (χ2n) is 5.58. The van der Waals surface area contributed by atoms with Crippen molar-refractivity contribution in [3.63, 3.8) is 0 Å². The molecule has 2 rings (SSSR count). The number of nitrogens with one attached hydrogen (secondary N) is 1. The molecule has 4 heteroatoms. The zero-order valence-corrected chi connectivity index (χ0v) is 13.4. The van der Waals surface area contributed by atoms with Crippen molar-refractivity contribution in [1.29, 1.82) is 0 Å². The van der Waals surface area contributed by atoms with Crippen LogP contribution in [-0.2, 0) is 11.3 Å². The van der Waals surface area contributed by atoms with E-state index in [9.17, 15) is 4.79 Å². The van der Waals surface area contributed by atoms with E-state index in [1.165, 1.54) is 5.56 Å². The molecule has 0 fully saturated rings. The maximum Gasteiger partial charge on any atom is 0.249 e. The minimum absolute atomic E-state index is 0.147. The lowest BCUT2D eigenvalue weighted by molar-refractivity contribution is -0.111. The number of rotatable bonds is 6. The molecule has 0 saturated carbocycles. The summed E-state index contributed by atoms with van der Waals surface area (Å²) >= 11 is 0. The Bertz CT molecular complexity index is 639. The summed E-state index contributed by atoms with van der Waals surface area (Å²) in [5, 5.41) is 7.03. The molecule has 0 saturated heterocycles. The van der Waals surface area contributed by atoms with E-state index < -0.39 is 0 Å². The van der Waals surface area contributed by atoms with Crippen LogP contribution in [0.3, 0.4) is 0 Å². The van der Waals surface area contributed by atoms with Crippen molar-refractivity contribution in [1.82, 2.24) is 9.78 Å². The van der Waals surface area contributed by atoms with Crippen LogP contribution in [0.5, 0.6) is 0 Å². The first-order valence-corrected chi connectivity index (χ1v) is 7.71. The zero-order valence-electron chi connectivity index (χ0n) is 13.4. The van der Waals surface area contributed by atoms with Crippen molar-refractivity contribution in [2.45, 2.75) is 39.7 Å². The predicted molar refractivity (Wildman–Crippen MR) is 90.7 cm³/mol. The van der Waals surface area contributed by atoms with Gasteiger partial charge < -0.3 is 5.32 Å². The third kappa shape index (κ3) is 4.32. The predicted octanol–water partition coefficient (Wildman–Crippen LogP) is 4.07. The average Bonchev–Trinajstić information content (AvgIpc) is 2.93. The van der Waals surface area contributed by atoms with Gasteiger partial charge in [0.2, 0.25) is 5.91 Å². The van der Waals surface area contributed by atoms with E-state index in [0.717, 1.165) is 24.3 Å². The van der Waals surface area contributed by atoms with Crippen LogP contribution in [0.1, 0.15) is 44.2 Å². The first kappa shape index (κ1) is 16.0. The zero-order chi connectivity index (χ0) is 15.9. The Balaban J connectivity index is 1.97. The highest BCUT2D eigenvalue weighted by atomic mass is 16.1. The molecule has 1 aromatic carbocycles. The third-order valence-corrected chi connectivity index (χ3v) is 3.43. The standard InChI is InChI=1S/C18H23N3O/c1-4-13-21-17(11-12-19-21)20-18(22)10-7-15-5-8-16(9-6-15)14(2)3/h5-12,14H,4,13H2,1-3H3,(H,20,22)/b10-7+. The van der Waals surface area contributed by atoms with Crippen LogP contribution in [0.4, 0.5) is 5.82 Å². The van der Waals surface area contributed by atoms with E-state index in [1.54, 1.807) is 23.0 Å². The molecule has 0 aliphatic rings. The van der Waals surface area contributed by atoms with Crippen molar-refractivity contribution in [3.05, 3.63) is 53.7 Å². The van der Waals surface area contributed by atoms with Gasteiger partial charge in [0, 0.05) is 18.7 Å². The average molecular weight is 297 g/mol. The van der Waals surface area contributed by atoms with Crippen molar-refractivity contribution < 1.29 is 4.79 Å². The van der Waals surface area contributed by atoms with Gasteiger partial charge in [-0.2, -0.15) is 5.10 Å². The molecule has 22 heavy (non-hydrogen) atoms. The second-order valence-corrected chi connectivity index (χ2v) is 5.58. The van der Waals surface area contributed by atoms with Crippen molar-refractivity contribution in [3.8, 4) is 0 Å². The van der Waals surface area contributed by atoms with Crippen LogP contribution < -0.4 is 5.32 Å². The number of hydrogen-bond donors (Lipinski definition) is 1. The van der Waals surface area contributed by atoms with E-state index in [-0.39, 0.29) is 5.91 Å². The number of nitrogens with zero attached hydrogens (tertiary/aromatic N) is 2. The van der Waals surface area contributed by atoms with Gasteiger partial charge in [0.05, 0.1) is 6.20 Å². The van der Waals surface area contributed by atoms with E-state index in [4.69, 9.17) is 0 Å². The minimum Gasteiger partial charge on any atom is -0.307 e. The highest BCUT2D eigenvalue weighted by Gasteiger charge is 2.04. The largest absolute Gasteiger partial charge is 0.307 e. The molecule has 1 aromatic heterocycles. The van der Waals surface area contributed by atoms with Gasteiger partial charge in [-0.15, -0.1) is 0 Å². The Labute approximate surface area is 131 Å². The number of carbonyl (C=O) groups is 1. The van der Waals surface area contributed by atoms with Crippen molar-refractivity contribution >= 4 is 17.8 Å². The van der Waals surface area contributed by atoms with E-state index in [0.29, 0.717) is 5.92 Å². The summed E-state index contributed by atoms with van der Waals surface area (Å²) in [4.78, 5) is 12.0. The van der Waals surface area contributed by atoms with Crippen LogP contribution in [0, 0.1) is 0 Å². The summed E-state index contributed by atoms with van der Waals surface area (Å²) in [6.07, 6.45) is 6.04. The number of benzene rings is 1. The van der Waals surface area contributed by atoms with E-state index in [1.807, 2.05) is 18.2 Å². The molecule has 0 aliphatic carbocycles. The molecule has 0 unspecified atom stereocenters. The molecule has 116 valence electrons. The molecule has 1 N–H and O–H groups in total. The Morgan fingerprint density at radius 3 is 2.64 bits per heavy atom. The number of carbonyl (C=O) groups excluding carboxylic acids is 1. The molecule has 0 radical (unpaired) electrons. The lowest BCUT2D eigenvalue weighted by Gasteiger charge is -2.06. The molecular formula is C18H23N3O. The molecule has 0 atom stereocenters. The van der Waals surface area contributed by atoms with Gasteiger partial charge in [0.25, 0.3) is 0 Å². The second kappa shape index (κ2) is 7.59. The van der Waals surface area contributed by atoms with Crippen molar-refractivity contribution in [2.75, 3.05) is 5.32 Å². The van der Waals surface area contributed by atoms with Gasteiger partial charge in [-0.05, 0) is 29.5 Å². The fraction of sp³-hybridized carbons (Fsp3) is 0.333. The molecule has 0 aliphatic heterocycles. The fourth-order valence-corrected chi connectivity index (χ4v) is 2.16. The molecule has 0 spiro atoms. The van der Waals surface area contributed by atoms with Gasteiger partial charge in [0.1, 0.15) is 5.82 Å². The Hall–Kier alpha value is -2.36. The third-order valence-electron chi connectivity index (χ3n) is 3.43. The normalized spacial score (nSPS) is 11.3. The SMILES string of the molecule is CCCn1nccc1NC(=O)/C=C/c1ccc(C(C)C)cc1. The maximum atomic E-state index is 12.0. The molecule has 1 amide bonds. The lowest BCUT2D eigenvalue weighted by Crippen LogP contribution is -2.13. The fourth-order valence-electron chi connectivity index (χ4n) is 2.16. The first-order valence-electron chi connectivity index (χ1n) is 7.71. The van der Waals surface area contributed by atoms with Crippen LogP contribution in [0.2, 0.25) is 0 Å². The molecule has 0 bridgehead atoms. The number of aromatic nitrogens is 2. The Kier molecular flexibility index (Phi) is 5.53. The number of aryl methyl sites for hydroxylation is 1. The number of anilines is 1. The molecule has 1 heterocycles. The highest BCUT2D eigenvalue weighted by Crippen LogP contribution is 2.15. The number of amides is 1. The maximum absolute atomic E-state index is 12.0. The Morgan fingerprint density at radius 2 is 2.00 bits per heavy atom. The first-order chi connectivity index (χ1) is 10.6. The van der Waals surface area contributed by atoms with Gasteiger partial charge in [0.15, 0.2) is 0 Å². The highest BCUT2D eigenvalue weighted by molar-refractivity contribution is 6.01.